The molecule has 7 atom stereocenters. The van der Waals surface area contributed by atoms with Gasteiger partial charge in [-0.2, -0.15) is 0 Å². The number of hydrogen-bond acceptors (Lipinski definition) is 4. The van der Waals surface area contributed by atoms with Crippen LogP contribution in [0.2, 0.25) is 0 Å². The molecule has 3 fully saturated rings. The van der Waals surface area contributed by atoms with Crippen LogP contribution in [0.25, 0.3) is 0 Å². The fraction of sp³-hybridized carbons (Fsp3) is 0.789. The van der Waals surface area contributed by atoms with Crippen LogP contribution in [0.5, 0.6) is 0 Å². The van der Waals surface area contributed by atoms with Gasteiger partial charge in [-0.1, -0.05) is 19.1 Å². The molecule has 0 aromatic carbocycles. The van der Waals surface area contributed by atoms with Gasteiger partial charge in [0, 0.05) is 13.2 Å². The van der Waals surface area contributed by atoms with Crippen LogP contribution in [0.15, 0.2) is 25.3 Å². The second kappa shape index (κ2) is 7.93. The first-order valence-electron chi connectivity index (χ1n) is 9.02. The average molecular weight is 322 g/mol. The first kappa shape index (κ1) is 17.2. The van der Waals surface area contributed by atoms with E-state index < -0.39 is 0 Å². The summed E-state index contributed by atoms with van der Waals surface area (Å²) >= 11 is 0. The lowest BCUT2D eigenvalue weighted by molar-refractivity contribution is -0.163. The largest absolute Gasteiger partial charge is 0.376 e. The van der Waals surface area contributed by atoms with E-state index in [1.807, 2.05) is 12.2 Å². The van der Waals surface area contributed by atoms with E-state index in [9.17, 15) is 0 Å². The Morgan fingerprint density at radius 3 is 2.48 bits per heavy atom. The molecule has 3 saturated heterocycles. The number of fused-ring (bicyclic) bond motifs is 1. The maximum absolute atomic E-state index is 6.49. The van der Waals surface area contributed by atoms with Crippen molar-refractivity contribution in [2.45, 2.75) is 75.7 Å². The summed E-state index contributed by atoms with van der Waals surface area (Å²) in [7, 11) is 0. The highest BCUT2D eigenvalue weighted by Gasteiger charge is 2.41. The number of ether oxygens (including phenoxy) is 4. The van der Waals surface area contributed by atoms with Crippen molar-refractivity contribution in [3.05, 3.63) is 25.3 Å². The van der Waals surface area contributed by atoms with Gasteiger partial charge in [0.1, 0.15) is 12.2 Å². The predicted octanol–water partition coefficient (Wildman–Crippen LogP) is 3.26. The Morgan fingerprint density at radius 1 is 0.957 bits per heavy atom. The number of rotatable bonds is 4. The van der Waals surface area contributed by atoms with Gasteiger partial charge in [-0.25, -0.2) is 0 Å². The minimum Gasteiger partial charge on any atom is -0.376 e. The van der Waals surface area contributed by atoms with Gasteiger partial charge in [0.15, 0.2) is 0 Å². The Kier molecular flexibility index (Phi) is 5.91. The van der Waals surface area contributed by atoms with E-state index in [0.29, 0.717) is 5.92 Å². The lowest BCUT2D eigenvalue weighted by Crippen LogP contribution is -2.43. The smallest absolute Gasteiger partial charge is 0.102 e. The summed E-state index contributed by atoms with van der Waals surface area (Å²) in [6.45, 7) is 11.7. The van der Waals surface area contributed by atoms with Crippen molar-refractivity contribution in [1.29, 1.82) is 0 Å². The van der Waals surface area contributed by atoms with Crippen LogP contribution in [0.3, 0.4) is 0 Å². The minimum atomic E-state index is -0.0888. The van der Waals surface area contributed by atoms with Crippen LogP contribution in [-0.4, -0.2) is 49.8 Å². The average Bonchev–Trinajstić information content (AvgIpc) is 2.72. The zero-order valence-electron chi connectivity index (χ0n) is 14.2. The minimum absolute atomic E-state index is 0.00384. The van der Waals surface area contributed by atoms with Gasteiger partial charge in [0.25, 0.3) is 0 Å². The molecular formula is C19H30O4. The summed E-state index contributed by atoms with van der Waals surface area (Å²) in [6, 6.07) is 0. The van der Waals surface area contributed by atoms with E-state index in [4.69, 9.17) is 18.9 Å². The van der Waals surface area contributed by atoms with Crippen LogP contribution in [0.4, 0.5) is 0 Å². The first-order valence-corrected chi connectivity index (χ1v) is 9.02. The van der Waals surface area contributed by atoms with E-state index in [1.165, 1.54) is 0 Å². The zero-order valence-corrected chi connectivity index (χ0v) is 14.2. The van der Waals surface area contributed by atoms with Gasteiger partial charge < -0.3 is 18.9 Å². The molecule has 0 aromatic heterocycles. The lowest BCUT2D eigenvalue weighted by Gasteiger charge is -2.36. The highest BCUT2D eigenvalue weighted by atomic mass is 16.6. The Hall–Kier alpha value is -0.680. The molecule has 130 valence electrons. The van der Waals surface area contributed by atoms with Crippen LogP contribution < -0.4 is 0 Å². The molecule has 3 aliphatic rings. The fourth-order valence-corrected chi connectivity index (χ4v) is 4.04. The molecular weight excluding hydrogens is 292 g/mol. The van der Waals surface area contributed by atoms with E-state index in [2.05, 4.69) is 20.1 Å². The summed E-state index contributed by atoms with van der Waals surface area (Å²) < 4.78 is 24.5. The Morgan fingerprint density at radius 2 is 1.70 bits per heavy atom. The van der Waals surface area contributed by atoms with Gasteiger partial charge in [-0.15, -0.1) is 13.2 Å². The van der Waals surface area contributed by atoms with Gasteiger partial charge in [-0.05, 0) is 38.0 Å². The summed E-state index contributed by atoms with van der Waals surface area (Å²) in [5.74, 6) is 0.360. The molecule has 0 N–H and O–H groups in total. The Bertz CT molecular complexity index is 410. The van der Waals surface area contributed by atoms with Crippen molar-refractivity contribution in [3.63, 3.8) is 0 Å². The standard InChI is InChI=1S/C19H30O4/c1-4-14-16(8-6-10-20-14)23-19-13(3)12-18-17(9-7-11-21-18)22-15(19)5-2/h4-5,13-19H,1-2,6-12H2,3H3/t13-,14+,15+,16-,17-,18+,19-/m1/s1. The maximum atomic E-state index is 6.49. The summed E-state index contributed by atoms with van der Waals surface area (Å²) in [4.78, 5) is 0. The SMILES string of the molecule is C=C[C@@H]1O[C@@H]2CCCO[C@H]2C[C@@H](C)[C@H]1O[C@@H]1CCCO[C@H]1C=C. The quantitative estimate of drug-likeness (QED) is 0.745. The summed E-state index contributed by atoms with van der Waals surface area (Å²) in [5.41, 5.74) is 0. The molecule has 0 unspecified atom stereocenters. The first-order chi connectivity index (χ1) is 11.2. The Labute approximate surface area is 139 Å². The molecule has 3 heterocycles. The molecule has 0 radical (unpaired) electrons. The predicted molar refractivity (Wildman–Crippen MR) is 89.4 cm³/mol. The van der Waals surface area contributed by atoms with Gasteiger partial charge in [0.05, 0.1) is 24.4 Å². The van der Waals surface area contributed by atoms with Crippen LogP contribution in [0.1, 0.15) is 39.0 Å². The molecule has 0 spiro atoms. The topological polar surface area (TPSA) is 36.9 Å². The fourth-order valence-electron chi connectivity index (χ4n) is 4.04. The highest BCUT2D eigenvalue weighted by molar-refractivity contribution is 4.98. The number of hydrogen-bond donors (Lipinski definition) is 0. The molecule has 0 aromatic rings. The molecule has 0 amide bonds. The third kappa shape index (κ3) is 3.87. The normalized spacial score (nSPS) is 44.8. The summed E-state index contributed by atoms with van der Waals surface area (Å²) in [6.07, 6.45) is 9.20. The molecule has 0 bridgehead atoms. The highest BCUT2D eigenvalue weighted by Crippen LogP contribution is 2.34. The van der Waals surface area contributed by atoms with E-state index in [0.717, 1.165) is 45.3 Å². The van der Waals surface area contributed by atoms with Crippen LogP contribution >= 0.6 is 0 Å². The van der Waals surface area contributed by atoms with Gasteiger partial charge in [0.2, 0.25) is 0 Å². The summed E-state index contributed by atoms with van der Waals surface area (Å²) in [5, 5.41) is 0. The van der Waals surface area contributed by atoms with Crippen molar-refractivity contribution in [2.75, 3.05) is 13.2 Å². The zero-order chi connectivity index (χ0) is 16.2. The maximum Gasteiger partial charge on any atom is 0.102 e. The van der Waals surface area contributed by atoms with Crippen molar-refractivity contribution in [2.24, 2.45) is 5.92 Å². The lowest BCUT2D eigenvalue weighted by atomic mass is 9.91. The molecule has 3 aliphatic heterocycles. The molecule has 4 heteroatoms. The third-order valence-electron chi connectivity index (χ3n) is 5.31. The van der Waals surface area contributed by atoms with Gasteiger partial charge >= 0.3 is 0 Å². The third-order valence-corrected chi connectivity index (χ3v) is 5.31. The van der Waals surface area contributed by atoms with E-state index in [-0.39, 0.29) is 36.6 Å². The molecule has 4 nitrogen and oxygen atoms in total. The van der Waals surface area contributed by atoms with E-state index >= 15 is 0 Å². The molecule has 0 aliphatic carbocycles. The van der Waals surface area contributed by atoms with Crippen molar-refractivity contribution in [1.82, 2.24) is 0 Å². The van der Waals surface area contributed by atoms with Crippen molar-refractivity contribution < 1.29 is 18.9 Å². The molecule has 0 saturated carbocycles. The monoisotopic (exact) mass is 322 g/mol. The van der Waals surface area contributed by atoms with Crippen LogP contribution in [-0.2, 0) is 18.9 Å². The van der Waals surface area contributed by atoms with Crippen molar-refractivity contribution in [3.8, 4) is 0 Å². The van der Waals surface area contributed by atoms with Crippen LogP contribution in [0, 0.1) is 5.92 Å². The van der Waals surface area contributed by atoms with Gasteiger partial charge in [-0.3, -0.25) is 0 Å². The second-order valence-electron chi connectivity index (χ2n) is 6.99. The Balaban J connectivity index is 1.72. The second-order valence-corrected chi connectivity index (χ2v) is 6.99. The molecule has 23 heavy (non-hydrogen) atoms. The molecule has 3 rings (SSSR count). The van der Waals surface area contributed by atoms with Crippen molar-refractivity contribution >= 4 is 0 Å². The van der Waals surface area contributed by atoms with E-state index in [1.54, 1.807) is 0 Å².